The molecule has 0 amide bonds. The molecule has 1 aromatic carbocycles. The molecule has 1 aromatic heterocycles. The van der Waals surface area contributed by atoms with Crippen LogP contribution in [0.15, 0.2) is 34.9 Å². The summed E-state index contributed by atoms with van der Waals surface area (Å²) in [5.74, 6) is 0.0745. The molecule has 1 N–H and O–H groups in total. The van der Waals surface area contributed by atoms with Crippen LogP contribution in [0.3, 0.4) is 0 Å². The van der Waals surface area contributed by atoms with Gasteiger partial charge in [-0.05, 0) is 24.0 Å². The van der Waals surface area contributed by atoms with E-state index in [4.69, 9.17) is 9.63 Å². The monoisotopic (exact) mass is 272 g/mol. The van der Waals surface area contributed by atoms with E-state index < -0.39 is 5.97 Å². The van der Waals surface area contributed by atoms with Crippen molar-refractivity contribution in [1.29, 1.82) is 0 Å². The Balaban J connectivity index is 1.85. The summed E-state index contributed by atoms with van der Waals surface area (Å²) in [5.41, 5.74) is 2.47. The largest absolute Gasteiger partial charge is 0.476 e. The third kappa shape index (κ3) is 2.39. The van der Waals surface area contributed by atoms with Crippen molar-refractivity contribution in [2.24, 2.45) is 5.92 Å². The zero-order chi connectivity index (χ0) is 14.1. The van der Waals surface area contributed by atoms with E-state index >= 15 is 0 Å². The molecule has 2 heterocycles. The average Bonchev–Trinajstić information content (AvgIpc) is 2.87. The molecule has 1 atom stereocenters. The van der Waals surface area contributed by atoms with Gasteiger partial charge in [-0.25, -0.2) is 4.79 Å². The van der Waals surface area contributed by atoms with Gasteiger partial charge in [-0.2, -0.15) is 0 Å². The highest BCUT2D eigenvalue weighted by Gasteiger charge is 2.23. The van der Waals surface area contributed by atoms with Crippen molar-refractivity contribution in [2.75, 3.05) is 11.4 Å². The Kier molecular flexibility index (Phi) is 3.18. The molecule has 104 valence electrons. The molecule has 1 aliphatic rings. The molecular weight excluding hydrogens is 256 g/mol. The van der Waals surface area contributed by atoms with Gasteiger partial charge in [0.2, 0.25) is 0 Å². The summed E-state index contributed by atoms with van der Waals surface area (Å²) in [5, 5.41) is 12.4. The van der Waals surface area contributed by atoms with E-state index in [1.54, 1.807) is 0 Å². The fraction of sp³-hybridized carbons (Fsp3) is 0.333. The first kappa shape index (κ1) is 12.7. The number of hydrogen-bond donors (Lipinski definition) is 1. The summed E-state index contributed by atoms with van der Waals surface area (Å²) in [4.78, 5) is 13.0. The van der Waals surface area contributed by atoms with Crippen LogP contribution in [0, 0.1) is 5.92 Å². The number of rotatable bonds is 3. The van der Waals surface area contributed by atoms with Crippen molar-refractivity contribution in [3.05, 3.63) is 47.3 Å². The fourth-order valence-electron chi connectivity index (χ4n) is 2.73. The highest BCUT2D eigenvalue weighted by Crippen LogP contribution is 2.30. The van der Waals surface area contributed by atoms with Crippen LogP contribution in [0.4, 0.5) is 5.69 Å². The summed E-state index contributed by atoms with van der Waals surface area (Å²) >= 11 is 0. The molecule has 5 heteroatoms. The van der Waals surface area contributed by atoms with Crippen LogP contribution in [0.2, 0.25) is 0 Å². The number of carbonyl (C=O) groups is 1. The number of benzene rings is 1. The third-order valence-corrected chi connectivity index (χ3v) is 3.56. The molecule has 1 unspecified atom stereocenters. The van der Waals surface area contributed by atoms with Gasteiger partial charge in [0.15, 0.2) is 11.5 Å². The Morgan fingerprint density at radius 1 is 1.50 bits per heavy atom. The number of fused-ring (bicyclic) bond motifs is 1. The van der Waals surface area contributed by atoms with E-state index in [0.29, 0.717) is 18.2 Å². The van der Waals surface area contributed by atoms with Crippen molar-refractivity contribution in [1.82, 2.24) is 5.16 Å². The minimum Gasteiger partial charge on any atom is -0.476 e. The molecular formula is C15H16N2O3. The number of aromatic carboxylic acids is 1. The predicted octanol–water partition coefficient (Wildman–Crippen LogP) is 2.57. The lowest BCUT2D eigenvalue weighted by atomic mass is 9.94. The SMILES string of the molecule is CC1Cc2ccccc2N(Cc2cc(C(=O)O)no2)C1. The first-order valence-corrected chi connectivity index (χ1v) is 6.65. The Hall–Kier alpha value is -2.30. The summed E-state index contributed by atoms with van der Waals surface area (Å²) < 4.78 is 5.11. The van der Waals surface area contributed by atoms with E-state index in [1.807, 2.05) is 12.1 Å². The zero-order valence-corrected chi connectivity index (χ0v) is 11.2. The zero-order valence-electron chi connectivity index (χ0n) is 11.2. The Morgan fingerprint density at radius 3 is 3.05 bits per heavy atom. The van der Waals surface area contributed by atoms with Gasteiger partial charge in [0, 0.05) is 18.3 Å². The van der Waals surface area contributed by atoms with Crippen LogP contribution in [0.5, 0.6) is 0 Å². The molecule has 0 saturated heterocycles. The lowest BCUT2D eigenvalue weighted by molar-refractivity contribution is 0.0685. The molecule has 2 aromatic rings. The minimum absolute atomic E-state index is 0.0432. The number of nitrogens with zero attached hydrogens (tertiary/aromatic N) is 2. The van der Waals surface area contributed by atoms with E-state index in [1.165, 1.54) is 17.3 Å². The van der Waals surface area contributed by atoms with Crippen LogP contribution in [0.1, 0.15) is 28.7 Å². The lowest BCUT2D eigenvalue weighted by Gasteiger charge is -2.34. The fourth-order valence-corrected chi connectivity index (χ4v) is 2.73. The standard InChI is InChI=1S/C15H16N2O3/c1-10-6-11-4-2-3-5-14(11)17(8-10)9-12-7-13(15(18)19)16-20-12/h2-5,7,10H,6,8-9H2,1H3,(H,18,19). The van der Waals surface area contributed by atoms with Crippen LogP contribution < -0.4 is 4.90 Å². The van der Waals surface area contributed by atoms with Crippen molar-refractivity contribution in [2.45, 2.75) is 19.9 Å². The van der Waals surface area contributed by atoms with Crippen LogP contribution in [-0.2, 0) is 13.0 Å². The number of aromatic nitrogens is 1. The van der Waals surface area contributed by atoms with Crippen molar-refractivity contribution >= 4 is 11.7 Å². The molecule has 0 radical (unpaired) electrons. The second kappa shape index (κ2) is 5.00. The minimum atomic E-state index is -1.06. The normalized spacial score (nSPS) is 17.9. The smallest absolute Gasteiger partial charge is 0.358 e. The summed E-state index contributed by atoms with van der Waals surface area (Å²) in [6.07, 6.45) is 1.07. The van der Waals surface area contributed by atoms with Gasteiger partial charge in [-0.15, -0.1) is 0 Å². The molecule has 0 spiro atoms. The molecule has 20 heavy (non-hydrogen) atoms. The molecule has 0 saturated carbocycles. The molecule has 0 fully saturated rings. The number of hydrogen-bond acceptors (Lipinski definition) is 4. The molecule has 0 aliphatic carbocycles. The predicted molar refractivity (Wildman–Crippen MR) is 73.8 cm³/mol. The summed E-state index contributed by atoms with van der Waals surface area (Å²) in [6.45, 7) is 3.69. The first-order chi connectivity index (χ1) is 9.63. The highest BCUT2D eigenvalue weighted by molar-refractivity contribution is 5.85. The van der Waals surface area contributed by atoms with E-state index in [0.717, 1.165) is 13.0 Å². The molecule has 0 bridgehead atoms. The third-order valence-electron chi connectivity index (χ3n) is 3.56. The van der Waals surface area contributed by atoms with Crippen molar-refractivity contribution in [3.63, 3.8) is 0 Å². The maximum atomic E-state index is 10.8. The van der Waals surface area contributed by atoms with Gasteiger partial charge in [0.1, 0.15) is 0 Å². The van der Waals surface area contributed by atoms with E-state index in [9.17, 15) is 4.79 Å². The van der Waals surface area contributed by atoms with Gasteiger partial charge in [0.05, 0.1) is 6.54 Å². The molecule has 5 nitrogen and oxygen atoms in total. The highest BCUT2D eigenvalue weighted by atomic mass is 16.5. The quantitative estimate of drug-likeness (QED) is 0.930. The maximum Gasteiger partial charge on any atom is 0.358 e. The van der Waals surface area contributed by atoms with Gasteiger partial charge >= 0.3 is 5.97 Å². The Labute approximate surface area is 116 Å². The average molecular weight is 272 g/mol. The second-order valence-corrected chi connectivity index (χ2v) is 5.30. The number of anilines is 1. The second-order valence-electron chi connectivity index (χ2n) is 5.30. The van der Waals surface area contributed by atoms with Gasteiger partial charge in [-0.1, -0.05) is 30.3 Å². The van der Waals surface area contributed by atoms with E-state index in [-0.39, 0.29) is 5.69 Å². The number of para-hydroxylation sites is 1. The van der Waals surface area contributed by atoms with Crippen LogP contribution in [0.25, 0.3) is 0 Å². The van der Waals surface area contributed by atoms with Gasteiger partial charge < -0.3 is 14.5 Å². The number of carboxylic acids is 1. The van der Waals surface area contributed by atoms with Gasteiger partial charge in [-0.3, -0.25) is 0 Å². The summed E-state index contributed by atoms with van der Waals surface area (Å²) in [7, 11) is 0. The Morgan fingerprint density at radius 2 is 2.30 bits per heavy atom. The summed E-state index contributed by atoms with van der Waals surface area (Å²) in [6, 6.07) is 9.79. The van der Waals surface area contributed by atoms with E-state index in [2.05, 4.69) is 29.1 Å². The number of carboxylic acid groups (broad SMARTS) is 1. The van der Waals surface area contributed by atoms with Crippen LogP contribution in [-0.4, -0.2) is 22.8 Å². The van der Waals surface area contributed by atoms with Crippen molar-refractivity contribution < 1.29 is 14.4 Å². The van der Waals surface area contributed by atoms with Crippen molar-refractivity contribution in [3.8, 4) is 0 Å². The molecule has 3 rings (SSSR count). The lowest BCUT2D eigenvalue weighted by Crippen LogP contribution is -2.33. The maximum absolute atomic E-state index is 10.8. The topological polar surface area (TPSA) is 66.6 Å². The Bertz CT molecular complexity index is 636. The van der Waals surface area contributed by atoms with Gasteiger partial charge in [0.25, 0.3) is 0 Å². The molecule has 1 aliphatic heterocycles. The first-order valence-electron chi connectivity index (χ1n) is 6.65. The van der Waals surface area contributed by atoms with Crippen LogP contribution >= 0.6 is 0 Å².